The average molecular weight is 236 g/mol. The summed E-state index contributed by atoms with van der Waals surface area (Å²) >= 11 is 0. The molecule has 1 fully saturated rings. The number of nitrogens with zero attached hydrogens (tertiary/aromatic N) is 1. The highest BCUT2D eigenvalue weighted by Gasteiger charge is 2.32. The van der Waals surface area contributed by atoms with Gasteiger partial charge >= 0.3 is 0 Å². The Bertz CT molecular complexity index is 354. The van der Waals surface area contributed by atoms with E-state index in [4.69, 9.17) is 9.47 Å². The van der Waals surface area contributed by atoms with E-state index in [2.05, 4.69) is 17.2 Å². The van der Waals surface area contributed by atoms with E-state index in [-0.39, 0.29) is 12.1 Å². The van der Waals surface area contributed by atoms with Crippen LogP contribution in [0.3, 0.4) is 0 Å². The van der Waals surface area contributed by atoms with E-state index in [1.807, 2.05) is 38.2 Å². The van der Waals surface area contributed by atoms with Gasteiger partial charge in [0.2, 0.25) is 0 Å². The van der Waals surface area contributed by atoms with Crippen molar-refractivity contribution in [1.29, 1.82) is 0 Å². The number of pyridine rings is 1. The second-order valence-corrected chi connectivity index (χ2v) is 4.84. The van der Waals surface area contributed by atoms with Gasteiger partial charge in [-0.25, -0.2) is 0 Å². The monoisotopic (exact) mass is 236 g/mol. The van der Waals surface area contributed by atoms with Crippen LogP contribution in [0.5, 0.6) is 0 Å². The summed E-state index contributed by atoms with van der Waals surface area (Å²) in [6.07, 6.45) is 1.93. The predicted molar refractivity (Wildman–Crippen MR) is 65.6 cm³/mol. The van der Waals surface area contributed by atoms with Gasteiger partial charge in [-0.05, 0) is 32.9 Å². The van der Waals surface area contributed by atoms with Crippen molar-refractivity contribution in [1.82, 2.24) is 10.3 Å². The van der Waals surface area contributed by atoms with Crippen LogP contribution in [0.2, 0.25) is 0 Å². The molecule has 2 rings (SSSR count). The first-order chi connectivity index (χ1) is 8.07. The van der Waals surface area contributed by atoms with Gasteiger partial charge in [0.05, 0.1) is 18.4 Å². The number of rotatable bonds is 4. The third kappa shape index (κ3) is 3.49. The van der Waals surface area contributed by atoms with Gasteiger partial charge < -0.3 is 14.8 Å². The zero-order chi connectivity index (χ0) is 12.3. The minimum Gasteiger partial charge on any atom is -0.348 e. The second-order valence-electron chi connectivity index (χ2n) is 4.84. The SMILES string of the molecule is CC(NCC1COC(C)(C)O1)c1ccccn1. The topological polar surface area (TPSA) is 43.4 Å². The van der Waals surface area contributed by atoms with Gasteiger partial charge in [0, 0.05) is 18.8 Å². The lowest BCUT2D eigenvalue weighted by atomic mass is 10.2. The Labute approximate surface area is 102 Å². The standard InChI is InChI=1S/C13H20N2O2/c1-10(12-6-4-5-7-14-12)15-8-11-9-16-13(2,3)17-11/h4-7,10-11,15H,8-9H2,1-3H3. The van der Waals surface area contributed by atoms with Crippen molar-refractivity contribution in [3.05, 3.63) is 30.1 Å². The van der Waals surface area contributed by atoms with Gasteiger partial charge in [-0.1, -0.05) is 6.07 Å². The fourth-order valence-corrected chi connectivity index (χ4v) is 1.91. The zero-order valence-electron chi connectivity index (χ0n) is 10.6. The first kappa shape index (κ1) is 12.5. The minimum atomic E-state index is -0.444. The van der Waals surface area contributed by atoms with E-state index in [1.54, 1.807) is 0 Å². The van der Waals surface area contributed by atoms with Crippen LogP contribution in [-0.4, -0.2) is 30.0 Å². The van der Waals surface area contributed by atoms with Gasteiger partial charge in [0.25, 0.3) is 0 Å². The molecule has 1 aliphatic heterocycles. The van der Waals surface area contributed by atoms with E-state index in [9.17, 15) is 0 Å². The molecule has 4 heteroatoms. The van der Waals surface area contributed by atoms with Crippen molar-refractivity contribution >= 4 is 0 Å². The van der Waals surface area contributed by atoms with Crippen molar-refractivity contribution in [2.45, 2.75) is 38.7 Å². The third-order valence-corrected chi connectivity index (χ3v) is 2.85. The molecule has 1 aliphatic rings. The minimum absolute atomic E-state index is 0.121. The zero-order valence-corrected chi connectivity index (χ0v) is 10.6. The maximum Gasteiger partial charge on any atom is 0.163 e. The number of aromatic nitrogens is 1. The molecule has 17 heavy (non-hydrogen) atoms. The van der Waals surface area contributed by atoms with E-state index in [0.29, 0.717) is 6.61 Å². The quantitative estimate of drug-likeness (QED) is 0.867. The lowest BCUT2D eigenvalue weighted by Crippen LogP contribution is -2.32. The number of hydrogen-bond acceptors (Lipinski definition) is 4. The van der Waals surface area contributed by atoms with Crippen molar-refractivity contribution in [2.24, 2.45) is 0 Å². The van der Waals surface area contributed by atoms with Gasteiger partial charge in [-0.15, -0.1) is 0 Å². The average Bonchev–Trinajstić information content (AvgIpc) is 2.67. The molecule has 0 aromatic carbocycles. The Balaban J connectivity index is 1.79. The van der Waals surface area contributed by atoms with Crippen LogP contribution in [0.1, 0.15) is 32.5 Å². The van der Waals surface area contributed by atoms with Crippen LogP contribution < -0.4 is 5.32 Å². The molecule has 2 unspecified atom stereocenters. The molecular formula is C13H20N2O2. The first-order valence-corrected chi connectivity index (χ1v) is 6.03. The van der Waals surface area contributed by atoms with Crippen LogP contribution in [0.4, 0.5) is 0 Å². The van der Waals surface area contributed by atoms with E-state index >= 15 is 0 Å². The van der Waals surface area contributed by atoms with Crippen LogP contribution >= 0.6 is 0 Å². The predicted octanol–water partition coefficient (Wildman–Crippen LogP) is 1.88. The summed E-state index contributed by atoms with van der Waals surface area (Å²) in [7, 11) is 0. The highest BCUT2D eigenvalue weighted by molar-refractivity contribution is 5.07. The van der Waals surface area contributed by atoms with Gasteiger partial charge in [0.15, 0.2) is 5.79 Å². The van der Waals surface area contributed by atoms with Crippen LogP contribution in [0, 0.1) is 0 Å². The summed E-state index contributed by atoms with van der Waals surface area (Å²) in [5.74, 6) is -0.444. The molecule has 0 spiro atoms. The van der Waals surface area contributed by atoms with Gasteiger partial charge in [-0.3, -0.25) is 4.98 Å². The molecule has 94 valence electrons. The fraction of sp³-hybridized carbons (Fsp3) is 0.615. The fourth-order valence-electron chi connectivity index (χ4n) is 1.91. The number of ether oxygens (including phenoxy) is 2. The first-order valence-electron chi connectivity index (χ1n) is 6.03. The molecule has 0 saturated carbocycles. The highest BCUT2D eigenvalue weighted by atomic mass is 16.7. The van der Waals surface area contributed by atoms with E-state index in [0.717, 1.165) is 12.2 Å². The van der Waals surface area contributed by atoms with E-state index < -0.39 is 5.79 Å². The normalized spacial score (nSPS) is 24.8. The maximum atomic E-state index is 5.73. The van der Waals surface area contributed by atoms with Crippen molar-refractivity contribution in [3.8, 4) is 0 Å². The molecular weight excluding hydrogens is 216 g/mol. The Morgan fingerprint density at radius 1 is 1.53 bits per heavy atom. The van der Waals surface area contributed by atoms with Gasteiger partial charge in [0.1, 0.15) is 0 Å². The molecule has 1 saturated heterocycles. The lowest BCUT2D eigenvalue weighted by Gasteiger charge is -2.19. The van der Waals surface area contributed by atoms with Crippen molar-refractivity contribution in [3.63, 3.8) is 0 Å². The Morgan fingerprint density at radius 3 is 2.94 bits per heavy atom. The van der Waals surface area contributed by atoms with Gasteiger partial charge in [-0.2, -0.15) is 0 Å². The Hall–Kier alpha value is -0.970. The van der Waals surface area contributed by atoms with Crippen LogP contribution in [0.25, 0.3) is 0 Å². The number of nitrogens with one attached hydrogen (secondary N) is 1. The summed E-state index contributed by atoms with van der Waals surface area (Å²) < 4.78 is 11.2. The maximum absolute atomic E-state index is 5.73. The van der Waals surface area contributed by atoms with Crippen molar-refractivity contribution in [2.75, 3.05) is 13.2 Å². The summed E-state index contributed by atoms with van der Waals surface area (Å²) in [5.41, 5.74) is 1.05. The molecule has 1 aromatic heterocycles. The van der Waals surface area contributed by atoms with Crippen LogP contribution in [-0.2, 0) is 9.47 Å². The Morgan fingerprint density at radius 2 is 2.35 bits per heavy atom. The summed E-state index contributed by atoms with van der Waals surface area (Å²) in [6.45, 7) is 7.41. The smallest absolute Gasteiger partial charge is 0.163 e. The molecule has 2 heterocycles. The molecule has 0 aliphatic carbocycles. The highest BCUT2D eigenvalue weighted by Crippen LogP contribution is 2.22. The lowest BCUT2D eigenvalue weighted by molar-refractivity contribution is -0.137. The summed E-state index contributed by atoms with van der Waals surface area (Å²) in [5, 5.41) is 3.41. The molecule has 0 amide bonds. The van der Waals surface area contributed by atoms with Crippen molar-refractivity contribution < 1.29 is 9.47 Å². The molecule has 0 radical (unpaired) electrons. The summed E-state index contributed by atoms with van der Waals surface area (Å²) in [4.78, 5) is 4.32. The molecule has 1 N–H and O–H groups in total. The van der Waals surface area contributed by atoms with Crippen LogP contribution in [0.15, 0.2) is 24.4 Å². The number of hydrogen-bond donors (Lipinski definition) is 1. The molecule has 0 bridgehead atoms. The molecule has 2 atom stereocenters. The molecule has 4 nitrogen and oxygen atoms in total. The third-order valence-electron chi connectivity index (χ3n) is 2.85. The Kier molecular flexibility index (Phi) is 3.76. The van der Waals surface area contributed by atoms with E-state index in [1.165, 1.54) is 0 Å². The largest absolute Gasteiger partial charge is 0.348 e. The summed E-state index contributed by atoms with van der Waals surface area (Å²) in [6, 6.07) is 6.17. The molecule has 1 aromatic rings. The second kappa shape index (κ2) is 5.12.